The maximum absolute atomic E-state index is 12.4. The molecule has 0 radical (unpaired) electrons. The highest BCUT2D eigenvalue weighted by atomic mass is 35.5. The molecule has 0 fully saturated rings. The molecule has 20 heavy (non-hydrogen) atoms. The van der Waals surface area contributed by atoms with Crippen molar-refractivity contribution in [2.75, 3.05) is 0 Å². The fraction of sp³-hybridized carbons (Fsp3) is 0.467. The molecule has 0 saturated heterocycles. The predicted octanol–water partition coefficient (Wildman–Crippen LogP) is 3.41. The number of carbonyl (C=O) groups excluding carboxylic acids is 1. The Balaban J connectivity index is 3.02. The van der Waals surface area contributed by atoms with Crippen molar-refractivity contribution in [3.63, 3.8) is 0 Å². The predicted molar refractivity (Wildman–Crippen MR) is 79.2 cm³/mol. The van der Waals surface area contributed by atoms with Crippen LogP contribution in [0.15, 0.2) is 18.2 Å². The molecule has 0 bridgehead atoms. The van der Waals surface area contributed by atoms with Gasteiger partial charge in [0.15, 0.2) is 0 Å². The van der Waals surface area contributed by atoms with Crippen molar-refractivity contribution in [2.45, 2.75) is 45.6 Å². The number of carbonyl (C=O) groups is 2. The molecule has 0 saturated carbocycles. The first kappa shape index (κ1) is 16.5. The lowest BCUT2D eigenvalue weighted by Crippen LogP contribution is -2.49. The van der Waals surface area contributed by atoms with Crippen LogP contribution in [0, 0.1) is 6.92 Å². The maximum Gasteiger partial charge on any atom is 0.305 e. The van der Waals surface area contributed by atoms with Crippen LogP contribution in [0.25, 0.3) is 0 Å². The van der Waals surface area contributed by atoms with Crippen LogP contribution < -0.4 is 5.32 Å². The first-order valence-corrected chi connectivity index (χ1v) is 7.02. The summed E-state index contributed by atoms with van der Waals surface area (Å²) in [7, 11) is 0. The van der Waals surface area contributed by atoms with E-state index >= 15 is 0 Å². The molecule has 1 rings (SSSR count). The second kappa shape index (κ2) is 6.75. The molecule has 0 atom stereocenters. The molecule has 110 valence electrons. The summed E-state index contributed by atoms with van der Waals surface area (Å²) >= 11 is 6.01. The van der Waals surface area contributed by atoms with E-state index in [0.717, 1.165) is 0 Å². The summed E-state index contributed by atoms with van der Waals surface area (Å²) in [5.74, 6) is -1.20. The van der Waals surface area contributed by atoms with E-state index < -0.39 is 11.5 Å². The van der Waals surface area contributed by atoms with E-state index in [4.69, 9.17) is 16.7 Å². The number of amides is 1. The van der Waals surface area contributed by atoms with Gasteiger partial charge in [0, 0.05) is 10.6 Å². The third kappa shape index (κ3) is 3.73. The van der Waals surface area contributed by atoms with Crippen LogP contribution >= 0.6 is 11.6 Å². The van der Waals surface area contributed by atoms with Gasteiger partial charge in [-0.3, -0.25) is 9.59 Å². The van der Waals surface area contributed by atoms with E-state index in [-0.39, 0.29) is 12.3 Å². The quantitative estimate of drug-likeness (QED) is 0.845. The first-order valence-electron chi connectivity index (χ1n) is 6.64. The summed E-state index contributed by atoms with van der Waals surface area (Å²) in [5, 5.41) is 12.4. The average molecular weight is 298 g/mol. The molecule has 1 amide bonds. The van der Waals surface area contributed by atoms with Gasteiger partial charge in [0.1, 0.15) is 0 Å². The van der Waals surface area contributed by atoms with Crippen LogP contribution in [0.1, 0.15) is 49.0 Å². The second-order valence-corrected chi connectivity index (χ2v) is 5.33. The van der Waals surface area contributed by atoms with Crippen LogP contribution in [0.4, 0.5) is 0 Å². The van der Waals surface area contributed by atoms with Gasteiger partial charge in [-0.25, -0.2) is 0 Å². The molecule has 0 aliphatic carbocycles. The minimum Gasteiger partial charge on any atom is -0.481 e. The molecule has 5 heteroatoms. The van der Waals surface area contributed by atoms with Crippen LogP contribution in [0.5, 0.6) is 0 Å². The number of nitrogens with one attached hydrogen (secondary N) is 1. The number of hydrogen-bond donors (Lipinski definition) is 2. The maximum atomic E-state index is 12.4. The lowest BCUT2D eigenvalue weighted by atomic mass is 9.88. The molecule has 0 aromatic heterocycles. The fourth-order valence-electron chi connectivity index (χ4n) is 2.17. The second-order valence-electron chi connectivity index (χ2n) is 4.92. The van der Waals surface area contributed by atoms with Gasteiger partial charge in [0.05, 0.1) is 12.0 Å². The first-order chi connectivity index (χ1) is 9.35. The molecule has 0 aliphatic rings. The minimum absolute atomic E-state index is 0.0919. The Morgan fingerprint density at radius 3 is 2.40 bits per heavy atom. The number of aliphatic carboxylic acids is 1. The lowest BCUT2D eigenvalue weighted by molar-refractivity contribution is -0.138. The molecule has 0 unspecified atom stereocenters. The monoisotopic (exact) mass is 297 g/mol. The summed E-state index contributed by atoms with van der Waals surface area (Å²) in [5.41, 5.74) is 0.453. The van der Waals surface area contributed by atoms with Crippen molar-refractivity contribution in [3.05, 3.63) is 34.3 Å². The Labute approximate surface area is 124 Å². The number of carboxylic acids is 1. The molecule has 1 aromatic carbocycles. The summed E-state index contributed by atoms with van der Waals surface area (Å²) in [6.45, 7) is 5.52. The molecule has 1 aromatic rings. The molecule has 0 aliphatic heterocycles. The lowest BCUT2D eigenvalue weighted by Gasteiger charge is -2.31. The third-order valence-corrected chi connectivity index (χ3v) is 4.14. The highest BCUT2D eigenvalue weighted by Gasteiger charge is 2.31. The molecular formula is C15H20ClNO3. The Kier molecular flexibility index (Phi) is 5.57. The van der Waals surface area contributed by atoms with Crippen molar-refractivity contribution in [3.8, 4) is 0 Å². The van der Waals surface area contributed by atoms with Gasteiger partial charge in [-0.2, -0.15) is 0 Å². The van der Waals surface area contributed by atoms with Gasteiger partial charge in [0.2, 0.25) is 0 Å². The van der Waals surface area contributed by atoms with E-state index in [2.05, 4.69) is 5.32 Å². The normalized spacial score (nSPS) is 11.2. The highest BCUT2D eigenvalue weighted by Crippen LogP contribution is 2.23. The van der Waals surface area contributed by atoms with E-state index in [0.29, 0.717) is 29.0 Å². The highest BCUT2D eigenvalue weighted by molar-refractivity contribution is 6.31. The van der Waals surface area contributed by atoms with E-state index in [1.54, 1.807) is 25.1 Å². The van der Waals surface area contributed by atoms with Crippen molar-refractivity contribution in [1.29, 1.82) is 0 Å². The van der Waals surface area contributed by atoms with E-state index in [1.807, 2.05) is 13.8 Å². The van der Waals surface area contributed by atoms with Gasteiger partial charge < -0.3 is 10.4 Å². The fourth-order valence-corrected chi connectivity index (χ4v) is 2.35. The minimum atomic E-state index is -0.920. The summed E-state index contributed by atoms with van der Waals surface area (Å²) < 4.78 is 0. The van der Waals surface area contributed by atoms with Crippen LogP contribution in [0.2, 0.25) is 5.02 Å². The number of halogens is 1. The van der Waals surface area contributed by atoms with Crippen molar-refractivity contribution in [2.24, 2.45) is 0 Å². The zero-order valence-corrected chi connectivity index (χ0v) is 12.8. The Morgan fingerprint density at radius 2 is 1.90 bits per heavy atom. The smallest absolute Gasteiger partial charge is 0.305 e. The Morgan fingerprint density at radius 1 is 1.30 bits per heavy atom. The van der Waals surface area contributed by atoms with Gasteiger partial charge >= 0.3 is 5.97 Å². The zero-order chi connectivity index (χ0) is 15.3. The van der Waals surface area contributed by atoms with Crippen molar-refractivity contribution in [1.82, 2.24) is 5.32 Å². The van der Waals surface area contributed by atoms with Crippen molar-refractivity contribution < 1.29 is 14.7 Å². The number of benzene rings is 1. The number of carboxylic acid groups (broad SMARTS) is 1. The topological polar surface area (TPSA) is 66.4 Å². The third-order valence-electron chi connectivity index (χ3n) is 3.73. The standard InChI is InChI=1S/C15H20ClNO3/c1-4-15(5-2,9-13(18)19)17-14(20)11-7-6-8-12(16)10(11)3/h6-8H,4-5,9H2,1-3H3,(H,17,20)(H,18,19). The molecule has 0 heterocycles. The SMILES string of the molecule is CCC(CC)(CC(=O)O)NC(=O)c1cccc(Cl)c1C. The Bertz CT molecular complexity index is 510. The van der Waals surface area contributed by atoms with Crippen molar-refractivity contribution >= 4 is 23.5 Å². The Hall–Kier alpha value is -1.55. The van der Waals surface area contributed by atoms with Crippen LogP contribution in [0.3, 0.4) is 0 Å². The molecular weight excluding hydrogens is 278 g/mol. The van der Waals surface area contributed by atoms with Crippen LogP contribution in [-0.2, 0) is 4.79 Å². The summed E-state index contributed by atoms with van der Waals surface area (Å²) in [6, 6.07) is 5.12. The molecule has 4 nitrogen and oxygen atoms in total. The van der Waals surface area contributed by atoms with Gasteiger partial charge in [0.25, 0.3) is 5.91 Å². The largest absolute Gasteiger partial charge is 0.481 e. The van der Waals surface area contributed by atoms with E-state index in [9.17, 15) is 9.59 Å². The number of rotatable bonds is 6. The van der Waals surface area contributed by atoms with Crippen LogP contribution in [-0.4, -0.2) is 22.5 Å². The van der Waals surface area contributed by atoms with Gasteiger partial charge in [-0.05, 0) is 37.5 Å². The average Bonchev–Trinajstić information content (AvgIpc) is 2.40. The summed E-state index contributed by atoms with van der Waals surface area (Å²) in [6.07, 6.45) is 1.02. The van der Waals surface area contributed by atoms with Gasteiger partial charge in [-0.15, -0.1) is 0 Å². The zero-order valence-electron chi connectivity index (χ0n) is 12.0. The van der Waals surface area contributed by atoms with Gasteiger partial charge in [-0.1, -0.05) is 31.5 Å². The number of hydrogen-bond acceptors (Lipinski definition) is 2. The molecule has 2 N–H and O–H groups in total. The molecule has 0 spiro atoms. The summed E-state index contributed by atoms with van der Waals surface area (Å²) in [4.78, 5) is 23.4. The van der Waals surface area contributed by atoms with E-state index in [1.165, 1.54) is 0 Å².